The molecule has 1 rings (SSSR count). The number of ether oxygens (including phenoxy) is 4. The molecule has 7 heteroatoms. The maximum absolute atomic E-state index is 11.4. The van der Waals surface area contributed by atoms with Gasteiger partial charge >= 0.3 is 5.97 Å². The predicted molar refractivity (Wildman–Crippen MR) is 59.7 cm³/mol. The molecule has 104 valence electrons. The lowest BCUT2D eigenvalue weighted by Gasteiger charge is -2.30. The first-order valence-electron chi connectivity index (χ1n) is 5.56. The fourth-order valence-electron chi connectivity index (χ4n) is 1.41. The van der Waals surface area contributed by atoms with E-state index < -0.39 is 24.3 Å². The SMILES string of the molecule is COCCOCC(=O)O[C@@H]1[C@H](O)C=CO[C@@H]1CO. The van der Waals surface area contributed by atoms with Gasteiger partial charge in [-0.1, -0.05) is 0 Å². The standard InChI is InChI=1S/C11H18O7/c1-15-4-5-16-7-10(14)18-11-8(13)2-3-17-9(11)6-12/h2-3,8-9,11-13H,4-7H2,1H3/t8-,9-,11-/m1/s1. The van der Waals surface area contributed by atoms with E-state index in [1.807, 2.05) is 0 Å². The van der Waals surface area contributed by atoms with Crippen molar-refractivity contribution in [1.82, 2.24) is 0 Å². The normalized spacial score (nSPS) is 26.7. The Labute approximate surface area is 105 Å². The Morgan fingerprint density at radius 2 is 2.22 bits per heavy atom. The third-order valence-corrected chi connectivity index (χ3v) is 2.33. The van der Waals surface area contributed by atoms with Gasteiger partial charge in [0.15, 0.2) is 12.2 Å². The first-order valence-corrected chi connectivity index (χ1v) is 5.56. The average molecular weight is 262 g/mol. The summed E-state index contributed by atoms with van der Waals surface area (Å²) in [5.74, 6) is -0.632. The highest BCUT2D eigenvalue weighted by Gasteiger charge is 2.33. The van der Waals surface area contributed by atoms with Gasteiger partial charge in [0.05, 0.1) is 26.1 Å². The van der Waals surface area contributed by atoms with Crippen LogP contribution in [0.15, 0.2) is 12.3 Å². The molecule has 1 aliphatic heterocycles. The van der Waals surface area contributed by atoms with Crippen molar-refractivity contribution in [3.05, 3.63) is 12.3 Å². The highest BCUT2D eigenvalue weighted by Crippen LogP contribution is 2.15. The first kappa shape index (κ1) is 14.9. The van der Waals surface area contributed by atoms with Crippen LogP contribution in [0.5, 0.6) is 0 Å². The van der Waals surface area contributed by atoms with Crippen molar-refractivity contribution in [1.29, 1.82) is 0 Å². The van der Waals surface area contributed by atoms with Crippen LogP contribution in [0, 0.1) is 0 Å². The number of carbonyl (C=O) groups is 1. The molecule has 0 aliphatic carbocycles. The minimum absolute atomic E-state index is 0.242. The Morgan fingerprint density at radius 3 is 2.89 bits per heavy atom. The van der Waals surface area contributed by atoms with Crippen LogP contribution >= 0.6 is 0 Å². The fraction of sp³-hybridized carbons (Fsp3) is 0.727. The van der Waals surface area contributed by atoms with Crippen LogP contribution in [0.3, 0.4) is 0 Å². The average Bonchev–Trinajstić information content (AvgIpc) is 2.37. The topological polar surface area (TPSA) is 94.5 Å². The highest BCUT2D eigenvalue weighted by atomic mass is 16.6. The van der Waals surface area contributed by atoms with Crippen molar-refractivity contribution in [2.75, 3.05) is 33.5 Å². The second-order valence-electron chi connectivity index (χ2n) is 3.68. The van der Waals surface area contributed by atoms with Gasteiger partial charge in [-0.3, -0.25) is 0 Å². The third kappa shape index (κ3) is 4.61. The van der Waals surface area contributed by atoms with Gasteiger partial charge in [0.2, 0.25) is 0 Å². The summed E-state index contributed by atoms with van der Waals surface area (Å²) in [6.45, 7) is 0.0570. The number of aliphatic hydroxyl groups excluding tert-OH is 2. The van der Waals surface area contributed by atoms with Gasteiger partial charge in [-0.15, -0.1) is 0 Å². The summed E-state index contributed by atoms with van der Waals surface area (Å²) in [5, 5.41) is 18.6. The zero-order chi connectivity index (χ0) is 13.4. The van der Waals surface area contributed by atoms with Crippen LogP contribution in [0.1, 0.15) is 0 Å². The van der Waals surface area contributed by atoms with E-state index in [9.17, 15) is 9.90 Å². The molecule has 3 atom stereocenters. The van der Waals surface area contributed by atoms with E-state index >= 15 is 0 Å². The number of hydrogen-bond acceptors (Lipinski definition) is 7. The molecule has 0 radical (unpaired) electrons. The third-order valence-electron chi connectivity index (χ3n) is 2.33. The molecule has 0 saturated carbocycles. The van der Waals surface area contributed by atoms with Gasteiger partial charge in [-0.05, 0) is 6.08 Å². The van der Waals surface area contributed by atoms with Gasteiger partial charge in [0.25, 0.3) is 0 Å². The Kier molecular flexibility index (Phi) is 6.66. The van der Waals surface area contributed by atoms with E-state index in [4.69, 9.17) is 24.1 Å². The summed E-state index contributed by atoms with van der Waals surface area (Å²) in [5.41, 5.74) is 0. The zero-order valence-corrected chi connectivity index (χ0v) is 10.2. The van der Waals surface area contributed by atoms with Gasteiger partial charge in [0.1, 0.15) is 12.7 Å². The first-order chi connectivity index (χ1) is 8.69. The van der Waals surface area contributed by atoms with E-state index in [0.29, 0.717) is 6.61 Å². The van der Waals surface area contributed by atoms with E-state index in [1.54, 1.807) is 0 Å². The van der Waals surface area contributed by atoms with Gasteiger partial charge < -0.3 is 29.2 Å². The molecule has 0 aromatic rings. The predicted octanol–water partition coefficient (Wildman–Crippen LogP) is -1.17. The number of hydrogen-bond donors (Lipinski definition) is 2. The van der Waals surface area contributed by atoms with Crippen molar-refractivity contribution in [3.8, 4) is 0 Å². The quantitative estimate of drug-likeness (QED) is 0.441. The number of esters is 1. The van der Waals surface area contributed by atoms with Gasteiger partial charge in [-0.2, -0.15) is 0 Å². The Bertz CT molecular complexity index is 279. The Morgan fingerprint density at radius 1 is 1.44 bits per heavy atom. The van der Waals surface area contributed by atoms with Crippen LogP contribution in [0.4, 0.5) is 0 Å². The van der Waals surface area contributed by atoms with Crippen LogP contribution in [-0.4, -0.2) is 68.0 Å². The summed E-state index contributed by atoms with van der Waals surface area (Å²) in [4.78, 5) is 11.4. The lowest BCUT2D eigenvalue weighted by atomic mass is 10.1. The van der Waals surface area contributed by atoms with E-state index in [2.05, 4.69) is 0 Å². The summed E-state index contributed by atoms with van der Waals surface area (Å²) >= 11 is 0. The number of aliphatic hydroxyl groups is 2. The molecule has 0 amide bonds. The molecule has 0 aromatic carbocycles. The van der Waals surface area contributed by atoms with Crippen LogP contribution in [0.25, 0.3) is 0 Å². The van der Waals surface area contributed by atoms with E-state index in [-0.39, 0.29) is 19.8 Å². The van der Waals surface area contributed by atoms with E-state index in [0.717, 1.165) is 0 Å². The Hall–Kier alpha value is -1.15. The molecule has 0 unspecified atom stereocenters. The molecule has 18 heavy (non-hydrogen) atoms. The molecule has 7 nitrogen and oxygen atoms in total. The van der Waals surface area contributed by atoms with Crippen molar-refractivity contribution < 1.29 is 34.0 Å². The number of methoxy groups -OCH3 is 1. The molecule has 0 spiro atoms. The zero-order valence-electron chi connectivity index (χ0n) is 10.2. The second-order valence-corrected chi connectivity index (χ2v) is 3.68. The fourth-order valence-corrected chi connectivity index (χ4v) is 1.41. The van der Waals surface area contributed by atoms with Crippen molar-refractivity contribution in [2.45, 2.75) is 18.3 Å². The largest absolute Gasteiger partial charge is 0.492 e. The van der Waals surface area contributed by atoms with Gasteiger partial charge in [0, 0.05) is 7.11 Å². The summed E-state index contributed by atoms with van der Waals surface area (Å²) in [6, 6.07) is 0. The molecule has 0 saturated heterocycles. The molecule has 0 bridgehead atoms. The second kappa shape index (κ2) is 8.04. The molecular weight excluding hydrogens is 244 g/mol. The minimum Gasteiger partial charge on any atom is -0.492 e. The van der Waals surface area contributed by atoms with Gasteiger partial charge in [-0.25, -0.2) is 4.79 Å². The maximum atomic E-state index is 11.4. The molecule has 1 aliphatic rings. The van der Waals surface area contributed by atoms with Crippen molar-refractivity contribution >= 4 is 5.97 Å². The summed E-state index contributed by atoms with van der Waals surface area (Å²) in [7, 11) is 1.52. The van der Waals surface area contributed by atoms with Crippen LogP contribution in [0.2, 0.25) is 0 Å². The van der Waals surface area contributed by atoms with Crippen molar-refractivity contribution in [3.63, 3.8) is 0 Å². The highest BCUT2D eigenvalue weighted by molar-refractivity contribution is 5.71. The lowest BCUT2D eigenvalue weighted by Crippen LogP contribution is -2.45. The van der Waals surface area contributed by atoms with Crippen LogP contribution in [-0.2, 0) is 23.7 Å². The van der Waals surface area contributed by atoms with E-state index in [1.165, 1.54) is 19.4 Å². The van der Waals surface area contributed by atoms with Crippen molar-refractivity contribution in [2.24, 2.45) is 0 Å². The molecule has 2 N–H and O–H groups in total. The minimum atomic E-state index is -1.00. The molecular formula is C11H18O7. The molecule has 1 heterocycles. The smallest absolute Gasteiger partial charge is 0.332 e. The number of rotatable bonds is 7. The lowest BCUT2D eigenvalue weighted by molar-refractivity contribution is -0.172. The Balaban J connectivity index is 2.34. The maximum Gasteiger partial charge on any atom is 0.332 e. The van der Waals surface area contributed by atoms with Crippen LogP contribution < -0.4 is 0 Å². The monoisotopic (exact) mass is 262 g/mol. The molecule has 0 aromatic heterocycles. The molecule has 0 fully saturated rings. The summed E-state index contributed by atoms with van der Waals surface area (Å²) in [6.07, 6.45) is -0.0915. The number of carbonyl (C=O) groups excluding carboxylic acids is 1. The summed E-state index contributed by atoms with van der Waals surface area (Å²) < 4.78 is 19.7.